The molecule has 0 radical (unpaired) electrons. The minimum Gasteiger partial charge on any atom is -0.354 e. The number of hydrogen-bond acceptors (Lipinski definition) is 2. The third-order valence-electron chi connectivity index (χ3n) is 2.44. The molecule has 1 amide bonds. The Bertz CT molecular complexity index is 354. The van der Waals surface area contributed by atoms with Gasteiger partial charge in [-0.05, 0) is 30.5 Å². The summed E-state index contributed by atoms with van der Waals surface area (Å²) in [4.78, 5) is 11.2. The number of nitrogens with one attached hydrogen (secondary N) is 1. The number of carbonyl (C=O) groups excluding carboxylic acids is 1. The Balaban J connectivity index is 0.00000256. The molecule has 17 heavy (non-hydrogen) atoms. The zero-order chi connectivity index (χ0) is 12.1. The van der Waals surface area contributed by atoms with Gasteiger partial charge in [-0.2, -0.15) is 0 Å². The van der Waals surface area contributed by atoms with E-state index in [1.165, 1.54) is 12.1 Å². The van der Waals surface area contributed by atoms with Gasteiger partial charge in [0.25, 0.3) is 0 Å². The minimum atomic E-state index is -0.500. The number of rotatable bonds is 4. The van der Waals surface area contributed by atoms with Crippen LogP contribution in [0.3, 0.4) is 0 Å². The first-order valence-corrected chi connectivity index (χ1v) is 5.29. The predicted octanol–water partition coefficient (Wildman–Crippen LogP) is 1.81. The smallest absolute Gasteiger partial charge is 0.236 e. The topological polar surface area (TPSA) is 55.1 Å². The molecule has 0 aliphatic carbocycles. The fourth-order valence-electron chi connectivity index (χ4n) is 1.32. The zero-order valence-electron chi connectivity index (χ0n) is 9.94. The number of halogens is 2. The number of carbonyl (C=O) groups is 1. The molecule has 1 aromatic carbocycles. The van der Waals surface area contributed by atoms with Crippen LogP contribution in [0.25, 0.3) is 0 Å². The Kier molecular flexibility index (Phi) is 6.76. The Hall–Kier alpha value is -1.13. The first-order chi connectivity index (χ1) is 7.50. The summed E-state index contributed by atoms with van der Waals surface area (Å²) in [6.45, 7) is 4.11. The summed E-state index contributed by atoms with van der Waals surface area (Å²) >= 11 is 0. The van der Waals surface area contributed by atoms with E-state index in [0.29, 0.717) is 6.54 Å². The average molecular weight is 261 g/mol. The summed E-state index contributed by atoms with van der Waals surface area (Å²) in [5, 5.41) is 2.74. The zero-order valence-corrected chi connectivity index (χ0v) is 10.8. The molecule has 2 atom stereocenters. The maximum atomic E-state index is 12.7. The van der Waals surface area contributed by atoms with Gasteiger partial charge in [0.2, 0.25) is 5.91 Å². The van der Waals surface area contributed by atoms with Crippen molar-refractivity contribution in [3.05, 3.63) is 35.6 Å². The van der Waals surface area contributed by atoms with Crippen LogP contribution in [0.15, 0.2) is 24.3 Å². The fourth-order valence-corrected chi connectivity index (χ4v) is 1.32. The molecule has 0 fully saturated rings. The predicted molar refractivity (Wildman–Crippen MR) is 68.7 cm³/mol. The lowest BCUT2D eigenvalue weighted by Crippen LogP contribution is -2.39. The van der Waals surface area contributed by atoms with E-state index >= 15 is 0 Å². The second-order valence-electron chi connectivity index (χ2n) is 3.99. The van der Waals surface area contributed by atoms with E-state index in [1.54, 1.807) is 19.1 Å². The maximum Gasteiger partial charge on any atom is 0.236 e. The van der Waals surface area contributed by atoms with Crippen molar-refractivity contribution >= 4 is 18.3 Å². The monoisotopic (exact) mass is 260 g/mol. The summed E-state index contributed by atoms with van der Waals surface area (Å²) in [6.07, 6.45) is 0. The van der Waals surface area contributed by atoms with Crippen LogP contribution in [0.1, 0.15) is 25.3 Å². The van der Waals surface area contributed by atoms with E-state index in [0.717, 1.165) is 5.56 Å². The standard InChI is InChI=1S/C12H17FN2O.ClH/c1-8(7-15-12(16)9(2)14)10-3-5-11(13)6-4-10;/h3-6,8-9H,7,14H2,1-2H3,(H,15,16);1H/t8?,9-;/m1./s1. The molecule has 0 spiro atoms. The lowest BCUT2D eigenvalue weighted by molar-refractivity contribution is -0.122. The van der Waals surface area contributed by atoms with Gasteiger partial charge in [0.05, 0.1) is 6.04 Å². The van der Waals surface area contributed by atoms with Gasteiger partial charge in [-0.15, -0.1) is 12.4 Å². The van der Waals surface area contributed by atoms with Gasteiger partial charge >= 0.3 is 0 Å². The molecule has 96 valence electrons. The highest BCUT2D eigenvalue weighted by atomic mass is 35.5. The van der Waals surface area contributed by atoms with Gasteiger partial charge in [-0.25, -0.2) is 4.39 Å². The van der Waals surface area contributed by atoms with Crippen molar-refractivity contribution in [1.82, 2.24) is 5.32 Å². The number of hydrogen-bond donors (Lipinski definition) is 2. The Labute approximate surface area is 107 Å². The maximum absolute atomic E-state index is 12.7. The van der Waals surface area contributed by atoms with Crippen LogP contribution >= 0.6 is 12.4 Å². The third kappa shape index (κ3) is 5.15. The van der Waals surface area contributed by atoms with Crippen molar-refractivity contribution < 1.29 is 9.18 Å². The van der Waals surface area contributed by atoms with Crippen molar-refractivity contribution in [1.29, 1.82) is 0 Å². The van der Waals surface area contributed by atoms with Crippen LogP contribution in [-0.2, 0) is 4.79 Å². The summed E-state index contributed by atoms with van der Waals surface area (Å²) in [5.74, 6) is -0.284. The molecule has 0 aliphatic heterocycles. The average Bonchev–Trinajstić information content (AvgIpc) is 2.26. The van der Waals surface area contributed by atoms with Gasteiger partial charge in [0, 0.05) is 6.54 Å². The third-order valence-corrected chi connectivity index (χ3v) is 2.44. The van der Waals surface area contributed by atoms with Gasteiger partial charge in [0.1, 0.15) is 5.82 Å². The van der Waals surface area contributed by atoms with Gasteiger partial charge in [-0.1, -0.05) is 19.1 Å². The van der Waals surface area contributed by atoms with Crippen molar-refractivity contribution in [2.75, 3.05) is 6.54 Å². The van der Waals surface area contributed by atoms with Crippen LogP contribution in [-0.4, -0.2) is 18.5 Å². The van der Waals surface area contributed by atoms with Gasteiger partial charge in [-0.3, -0.25) is 4.79 Å². The molecule has 0 heterocycles. The lowest BCUT2D eigenvalue weighted by Gasteiger charge is -2.14. The molecule has 0 saturated heterocycles. The highest BCUT2D eigenvalue weighted by molar-refractivity contribution is 5.85. The molecule has 5 heteroatoms. The normalized spacial score (nSPS) is 13.4. The first kappa shape index (κ1) is 15.9. The molecule has 0 aromatic heterocycles. The quantitative estimate of drug-likeness (QED) is 0.868. The second-order valence-corrected chi connectivity index (χ2v) is 3.99. The molecular weight excluding hydrogens is 243 g/mol. The lowest BCUT2D eigenvalue weighted by atomic mass is 10.0. The number of benzene rings is 1. The molecule has 1 rings (SSSR count). The number of nitrogens with two attached hydrogens (primary N) is 1. The molecule has 1 unspecified atom stereocenters. The molecule has 0 bridgehead atoms. The second kappa shape index (κ2) is 7.25. The van der Waals surface area contributed by atoms with E-state index in [9.17, 15) is 9.18 Å². The molecule has 0 saturated carbocycles. The summed E-state index contributed by atoms with van der Waals surface area (Å²) in [5.41, 5.74) is 6.41. The van der Waals surface area contributed by atoms with Crippen LogP contribution < -0.4 is 11.1 Å². The Morgan fingerprint density at radius 1 is 1.35 bits per heavy atom. The number of amides is 1. The van der Waals surface area contributed by atoms with Gasteiger partial charge in [0.15, 0.2) is 0 Å². The van der Waals surface area contributed by atoms with E-state index in [-0.39, 0.29) is 30.0 Å². The van der Waals surface area contributed by atoms with E-state index < -0.39 is 6.04 Å². The van der Waals surface area contributed by atoms with E-state index in [4.69, 9.17) is 5.73 Å². The van der Waals surface area contributed by atoms with Crippen LogP contribution in [0.4, 0.5) is 4.39 Å². The molecule has 3 nitrogen and oxygen atoms in total. The Morgan fingerprint density at radius 3 is 2.35 bits per heavy atom. The summed E-state index contributed by atoms with van der Waals surface area (Å²) in [6, 6.07) is 5.77. The van der Waals surface area contributed by atoms with Crippen molar-refractivity contribution in [3.8, 4) is 0 Å². The highest BCUT2D eigenvalue weighted by Crippen LogP contribution is 2.14. The van der Waals surface area contributed by atoms with E-state index in [2.05, 4.69) is 5.32 Å². The van der Waals surface area contributed by atoms with Crippen LogP contribution in [0.2, 0.25) is 0 Å². The van der Waals surface area contributed by atoms with Crippen molar-refractivity contribution in [2.45, 2.75) is 25.8 Å². The van der Waals surface area contributed by atoms with Crippen molar-refractivity contribution in [3.63, 3.8) is 0 Å². The largest absolute Gasteiger partial charge is 0.354 e. The van der Waals surface area contributed by atoms with Crippen LogP contribution in [0, 0.1) is 5.82 Å². The summed E-state index contributed by atoms with van der Waals surface area (Å²) in [7, 11) is 0. The highest BCUT2D eigenvalue weighted by Gasteiger charge is 2.10. The molecule has 1 aromatic rings. The molecule has 0 aliphatic rings. The molecular formula is C12H18ClFN2O. The van der Waals surface area contributed by atoms with Crippen molar-refractivity contribution in [2.24, 2.45) is 5.73 Å². The fraction of sp³-hybridized carbons (Fsp3) is 0.417. The first-order valence-electron chi connectivity index (χ1n) is 5.29. The SMILES string of the molecule is CC(CNC(=O)[C@@H](C)N)c1ccc(F)cc1.Cl. The Morgan fingerprint density at radius 2 is 1.88 bits per heavy atom. The van der Waals surface area contributed by atoms with Gasteiger partial charge < -0.3 is 11.1 Å². The van der Waals surface area contributed by atoms with E-state index in [1.807, 2.05) is 6.92 Å². The summed E-state index contributed by atoms with van der Waals surface area (Å²) < 4.78 is 12.7. The molecule has 3 N–H and O–H groups in total. The van der Waals surface area contributed by atoms with Crippen LogP contribution in [0.5, 0.6) is 0 Å². The minimum absolute atomic E-state index is 0.